The fraction of sp³-hybridized carbons (Fsp3) is 0.579. The summed E-state index contributed by atoms with van der Waals surface area (Å²) < 4.78 is 0. The lowest BCUT2D eigenvalue weighted by Gasteiger charge is -2.31. The average Bonchev–Trinajstić information content (AvgIpc) is 2.56. The van der Waals surface area contributed by atoms with Crippen LogP contribution in [0.3, 0.4) is 0 Å². The number of rotatable bonds is 5. The Kier molecular flexibility index (Phi) is 6.37. The molecule has 1 fully saturated rings. The number of nitrogens with one attached hydrogen (secondary N) is 3. The third-order valence-corrected chi connectivity index (χ3v) is 5.09. The fourth-order valence-electron chi connectivity index (χ4n) is 3.27. The van der Waals surface area contributed by atoms with E-state index in [-0.39, 0.29) is 24.4 Å². The van der Waals surface area contributed by atoms with Gasteiger partial charge >= 0.3 is 0 Å². The fourth-order valence-corrected chi connectivity index (χ4v) is 3.27. The molecule has 1 atom stereocenters. The second-order valence-electron chi connectivity index (χ2n) is 7.10. The van der Waals surface area contributed by atoms with Crippen molar-refractivity contribution in [3.63, 3.8) is 0 Å². The Labute approximate surface area is 144 Å². The van der Waals surface area contributed by atoms with Gasteiger partial charge in [-0.15, -0.1) is 0 Å². The molecule has 0 unspecified atom stereocenters. The molecule has 5 nitrogen and oxygen atoms in total. The van der Waals surface area contributed by atoms with Crippen LogP contribution in [0.5, 0.6) is 0 Å². The highest BCUT2D eigenvalue weighted by Gasteiger charge is 2.28. The van der Waals surface area contributed by atoms with Gasteiger partial charge in [-0.05, 0) is 50.7 Å². The summed E-state index contributed by atoms with van der Waals surface area (Å²) in [6, 6.07) is 5.78. The SMILES string of the molecule is Cc1cccc(C)c1NC(=O)CNC(=O)[C@H](C)[NH+]1CCC(C)CC1. The number of hydrogen-bond donors (Lipinski definition) is 3. The highest BCUT2D eigenvalue weighted by molar-refractivity contribution is 5.96. The molecule has 1 heterocycles. The summed E-state index contributed by atoms with van der Waals surface area (Å²) in [4.78, 5) is 25.8. The van der Waals surface area contributed by atoms with Crippen LogP contribution >= 0.6 is 0 Å². The van der Waals surface area contributed by atoms with Gasteiger partial charge in [0.1, 0.15) is 0 Å². The summed E-state index contributed by atoms with van der Waals surface area (Å²) >= 11 is 0. The number of amides is 2. The van der Waals surface area contributed by atoms with Crippen molar-refractivity contribution in [1.82, 2.24) is 5.32 Å². The first kappa shape index (κ1) is 18.5. The molecule has 5 heteroatoms. The van der Waals surface area contributed by atoms with Gasteiger partial charge in [0.2, 0.25) is 5.91 Å². The lowest BCUT2D eigenvalue weighted by Crippen LogP contribution is -3.17. The molecule has 0 aliphatic carbocycles. The number of quaternary nitrogens is 1. The molecule has 1 aliphatic rings. The van der Waals surface area contributed by atoms with Gasteiger partial charge in [-0.1, -0.05) is 25.1 Å². The van der Waals surface area contributed by atoms with Gasteiger partial charge in [-0.25, -0.2) is 0 Å². The van der Waals surface area contributed by atoms with Crippen molar-refractivity contribution in [1.29, 1.82) is 0 Å². The van der Waals surface area contributed by atoms with E-state index in [9.17, 15) is 9.59 Å². The zero-order valence-corrected chi connectivity index (χ0v) is 15.2. The van der Waals surface area contributed by atoms with E-state index in [0.717, 1.165) is 35.8 Å². The molecule has 0 aromatic heterocycles. The first-order valence-corrected chi connectivity index (χ1v) is 8.87. The Morgan fingerprint density at radius 3 is 2.38 bits per heavy atom. The Balaban J connectivity index is 1.81. The molecule has 2 amide bonds. The maximum Gasteiger partial charge on any atom is 0.278 e. The summed E-state index contributed by atoms with van der Waals surface area (Å²) in [6.45, 7) is 10.2. The van der Waals surface area contributed by atoms with E-state index < -0.39 is 0 Å². The molecule has 2 rings (SSSR count). The van der Waals surface area contributed by atoms with Crippen LogP contribution in [0.4, 0.5) is 5.69 Å². The molecule has 3 N–H and O–H groups in total. The number of carbonyl (C=O) groups is 2. The number of benzene rings is 1. The van der Waals surface area contributed by atoms with Crippen LogP contribution in [0, 0.1) is 19.8 Å². The van der Waals surface area contributed by atoms with Crippen molar-refractivity contribution >= 4 is 17.5 Å². The topological polar surface area (TPSA) is 62.6 Å². The Morgan fingerprint density at radius 1 is 1.21 bits per heavy atom. The van der Waals surface area contributed by atoms with Crippen molar-refractivity contribution in [2.24, 2.45) is 5.92 Å². The van der Waals surface area contributed by atoms with E-state index in [2.05, 4.69) is 17.6 Å². The summed E-state index contributed by atoms with van der Waals surface area (Å²) in [6.07, 6.45) is 2.33. The summed E-state index contributed by atoms with van der Waals surface area (Å²) in [5.74, 6) is 0.526. The van der Waals surface area contributed by atoms with Crippen molar-refractivity contribution in [3.8, 4) is 0 Å². The van der Waals surface area contributed by atoms with E-state index in [1.807, 2.05) is 39.0 Å². The highest BCUT2D eigenvalue weighted by atomic mass is 16.2. The largest absolute Gasteiger partial charge is 0.342 e. The lowest BCUT2D eigenvalue weighted by molar-refractivity contribution is -0.920. The molecular weight excluding hydrogens is 302 g/mol. The van der Waals surface area contributed by atoms with Crippen LogP contribution in [0.15, 0.2) is 18.2 Å². The number of aryl methyl sites for hydroxylation is 2. The molecular formula is C19H30N3O2+. The third kappa shape index (κ3) is 4.81. The molecule has 0 radical (unpaired) electrons. The third-order valence-electron chi connectivity index (χ3n) is 5.09. The van der Waals surface area contributed by atoms with Crippen molar-refractivity contribution < 1.29 is 14.5 Å². The van der Waals surface area contributed by atoms with Crippen molar-refractivity contribution in [2.75, 3.05) is 25.0 Å². The van der Waals surface area contributed by atoms with Crippen LogP contribution in [-0.4, -0.2) is 37.5 Å². The van der Waals surface area contributed by atoms with Crippen molar-refractivity contribution in [2.45, 2.75) is 46.6 Å². The number of piperidine rings is 1. The molecule has 1 aromatic carbocycles. The van der Waals surface area contributed by atoms with Gasteiger partial charge in [-0.3, -0.25) is 9.59 Å². The molecule has 0 bridgehead atoms. The molecule has 0 saturated carbocycles. The smallest absolute Gasteiger partial charge is 0.278 e. The van der Waals surface area contributed by atoms with Gasteiger partial charge < -0.3 is 15.5 Å². The maximum absolute atomic E-state index is 12.3. The monoisotopic (exact) mass is 332 g/mol. The molecule has 0 spiro atoms. The van der Waals surface area contributed by atoms with E-state index >= 15 is 0 Å². The normalized spacial score (nSPS) is 21.8. The summed E-state index contributed by atoms with van der Waals surface area (Å²) in [7, 11) is 0. The van der Waals surface area contributed by atoms with Crippen LogP contribution in [-0.2, 0) is 9.59 Å². The Bertz CT molecular complexity index is 572. The van der Waals surface area contributed by atoms with E-state index in [4.69, 9.17) is 0 Å². The van der Waals surface area contributed by atoms with E-state index in [1.54, 1.807) is 0 Å². The maximum atomic E-state index is 12.3. The van der Waals surface area contributed by atoms with Crippen LogP contribution in [0.1, 0.15) is 37.8 Å². The van der Waals surface area contributed by atoms with Crippen LogP contribution < -0.4 is 15.5 Å². The summed E-state index contributed by atoms with van der Waals surface area (Å²) in [5.41, 5.74) is 2.88. The number of hydrogen-bond acceptors (Lipinski definition) is 2. The first-order valence-electron chi connectivity index (χ1n) is 8.87. The second-order valence-corrected chi connectivity index (χ2v) is 7.10. The lowest BCUT2D eigenvalue weighted by atomic mass is 9.98. The Morgan fingerprint density at radius 2 is 1.79 bits per heavy atom. The Hall–Kier alpha value is -1.88. The molecule has 1 aromatic rings. The van der Waals surface area contributed by atoms with E-state index in [1.165, 1.54) is 17.7 Å². The van der Waals surface area contributed by atoms with Crippen LogP contribution in [0.25, 0.3) is 0 Å². The van der Waals surface area contributed by atoms with Crippen LogP contribution in [0.2, 0.25) is 0 Å². The van der Waals surface area contributed by atoms with E-state index in [0.29, 0.717) is 0 Å². The van der Waals surface area contributed by atoms with Gasteiger partial charge in [0.05, 0.1) is 19.6 Å². The number of anilines is 1. The number of para-hydroxylation sites is 1. The minimum atomic E-state index is -0.185. The average molecular weight is 332 g/mol. The predicted octanol–water partition coefficient (Wildman–Crippen LogP) is 1.06. The van der Waals surface area contributed by atoms with Gasteiger partial charge in [0.25, 0.3) is 5.91 Å². The zero-order valence-electron chi connectivity index (χ0n) is 15.2. The highest BCUT2D eigenvalue weighted by Crippen LogP contribution is 2.18. The quantitative estimate of drug-likeness (QED) is 0.755. The minimum absolute atomic E-state index is 0.0145. The van der Waals surface area contributed by atoms with Gasteiger partial charge in [0, 0.05) is 5.69 Å². The number of likely N-dealkylation sites (tertiary alicyclic amines) is 1. The molecule has 24 heavy (non-hydrogen) atoms. The zero-order chi connectivity index (χ0) is 17.7. The van der Waals surface area contributed by atoms with Crippen molar-refractivity contribution in [3.05, 3.63) is 29.3 Å². The second kappa shape index (κ2) is 8.29. The molecule has 132 valence electrons. The predicted molar refractivity (Wildman–Crippen MR) is 96.1 cm³/mol. The number of carbonyl (C=O) groups excluding carboxylic acids is 2. The van der Waals surface area contributed by atoms with Gasteiger partial charge in [0.15, 0.2) is 6.04 Å². The molecule has 1 aliphatic heterocycles. The first-order chi connectivity index (χ1) is 11.4. The molecule has 1 saturated heterocycles. The van der Waals surface area contributed by atoms with Gasteiger partial charge in [-0.2, -0.15) is 0 Å². The standard InChI is InChI=1S/C19H29N3O2/c1-13-8-10-22(11-9-13)16(4)19(24)20-12-17(23)21-18-14(2)6-5-7-15(18)3/h5-7,13,16H,8-12H2,1-4H3,(H,20,24)(H,21,23)/p+1/t16-/m0/s1. The summed E-state index contributed by atoms with van der Waals surface area (Å²) in [5, 5.41) is 5.68. The minimum Gasteiger partial charge on any atom is -0.342 e.